The summed E-state index contributed by atoms with van der Waals surface area (Å²) in [7, 11) is 0. The predicted molar refractivity (Wildman–Crippen MR) is 95.4 cm³/mol. The topological polar surface area (TPSA) is 68.5 Å². The minimum Gasteiger partial charge on any atom is -0.464 e. The molecule has 0 bridgehead atoms. The van der Waals surface area contributed by atoms with Crippen LogP contribution in [0.25, 0.3) is 11.0 Å². The summed E-state index contributed by atoms with van der Waals surface area (Å²) in [5.41, 5.74) is 3.26. The van der Waals surface area contributed by atoms with Crippen molar-refractivity contribution in [2.45, 2.75) is 20.3 Å². The van der Waals surface area contributed by atoms with E-state index in [1.165, 1.54) is 12.3 Å². The molecule has 0 saturated heterocycles. The largest absolute Gasteiger partial charge is 0.464 e. The lowest BCUT2D eigenvalue weighted by atomic mass is 10.1. The molecular weight excluding hydrogens is 337 g/mol. The molecule has 3 aromatic rings. The zero-order valence-corrected chi connectivity index (χ0v) is 14.5. The third kappa shape index (κ3) is 4.08. The van der Waals surface area contributed by atoms with E-state index < -0.39 is 24.3 Å². The van der Waals surface area contributed by atoms with Crippen molar-refractivity contribution in [2.24, 2.45) is 0 Å². The minimum atomic E-state index is -0.543. The number of fused-ring (bicyclic) bond motifs is 1. The Kier molecular flexibility index (Phi) is 5.02. The summed E-state index contributed by atoms with van der Waals surface area (Å²) in [6.07, 6.45) is 1.52. The second kappa shape index (κ2) is 7.39. The van der Waals surface area contributed by atoms with E-state index in [0.717, 1.165) is 10.9 Å². The van der Waals surface area contributed by atoms with Crippen LogP contribution in [0.15, 0.2) is 47.1 Å². The number of aryl methyl sites for hydroxylation is 2. The number of esters is 1. The first-order chi connectivity index (χ1) is 12.4. The molecule has 1 N–H and O–H groups in total. The summed E-state index contributed by atoms with van der Waals surface area (Å²) in [4.78, 5) is 23.8. The van der Waals surface area contributed by atoms with Crippen LogP contribution in [0.3, 0.4) is 0 Å². The maximum absolute atomic E-state index is 13.5. The number of rotatable bonds is 5. The smallest absolute Gasteiger partial charge is 0.310 e. The van der Waals surface area contributed by atoms with Gasteiger partial charge in [0.15, 0.2) is 6.61 Å². The first-order valence-corrected chi connectivity index (χ1v) is 8.11. The number of halogens is 1. The Bertz CT molecular complexity index is 977. The maximum Gasteiger partial charge on any atom is 0.310 e. The fourth-order valence-electron chi connectivity index (χ4n) is 2.55. The zero-order chi connectivity index (χ0) is 18.7. The first-order valence-electron chi connectivity index (χ1n) is 8.11. The number of carbonyl (C=O) groups excluding carboxylic acids is 2. The summed E-state index contributed by atoms with van der Waals surface area (Å²) in [6.45, 7) is 3.14. The van der Waals surface area contributed by atoms with Gasteiger partial charge in [-0.05, 0) is 43.2 Å². The molecule has 1 heterocycles. The molecule has 0 aliphatic rings. The number of furan rings is 1. The van der Waals surface area contributed by atoms with Gasteiger partial charge in [-0.1, -0.05) is 18.2 Å². The van der Waals surface area contributed by atoms with Crippen LogP contribution >= 0.6 is 0 Å². The fourth-order valence-corrected chi connectivity index (χ4v) is 2.55. The molecule has 0 unspecified atom stereocenters. The first kappa shape index (κ1) is 17.7. The monoisotopic (exact) mass is 355 g/mol. The molecule has 0 radical (unpaired) electrons. The van der Waals surface area contributed by atoms with Gasteiger partial charge in [0.1, 0.15) is 11.4 Å². The minimum absolute atomic E-state index is 0.00248. The Labute approximate surface area is 149 Å². The van der Waals surface area contributed by atoms with Gasteiger partial charge in [-0.25, -0.2) is 4.39 Å². The van der Waals surface area contributed by atoms with Crippen molar-refractivity contribution < 1.29 is 23.1 Å². The number of amides is 1. The molecule has 1 amide bonds. The van der Waals surface area contributed by atoms with Crippen molar-refractivity contribution in [3.8, 4) is 0 Å². The summed E-state index contributed by atoms with van der Waals surface area (Å²) in [6, 6.07) is 10.1. The van der Waals surface area contributed by atoms with E-state index in [-0.39, 0.29) is 6.42 Å². The Morgan fingerprint density at radius 3 is 2.73 bits per heavy atom. The van der Waals surface area contributed by atoms with E-state index in [4.69, 9.17) is 9.15 Å². The molecule has 0 aliphatic carbocycles. The number of carbonyl (C=O) groups is 2. The van der Waals surface area contributed by atoms with E-state index in [9.17, 15) is 14.0 Å². The average molecular weight is 355 g/mol. The van der Waals surface area contributed by atoms with Gasteiger partial charge < -0.3 is 14.5 Å². The number of hydrogen-bond acceptors (Lipinski definition) is 4. The summed E-state index contributed by atoms with van der Waals surface area (Å²) < 4.78 is 23.9. The van der Waals surface area contributed by atoms with E-state index in [1.54, 1.807) is 19.1 Å². The highest BCUT2D eigenvalue weighted by molar-refractivity contribution is 5.93. The van der Waals surface area contributed by atoms with Crippen LogP contribution in [0, 0.1) is 19.7 Å². The van der Waals surface area contributed by atoms with Crippen molar-refractivity contribution in [1.29, 1.82) is 0 Å². The highest BCUT2D eigenvalue weighted by atomic mass is 19.1. The number of ether oxygens (including phenoxy) is 1. The highest BCUT2D eigenvalue weighted by Gasteiger charge is 2.13. The van der Waals surface area contributed by atoms with E-state index >= 15 is 0 Å². The van der Waals surface area contributed by atoms with Crippen LogP contribution in [-0.2, 0) is 20.7 Å². The number of nitrogens with one attached hydrogen (secondary N) is 1. The van der Waals surface area contributed by atoms with Crippen molar-refractivity contribution in [2.75, 3.05) is 11.9 Å². The molecule has 5 nitrogen and oxygen atoms in total. The van der Waals surface area contributed by atoms with Gasteiger partial charge in [-0.2, -0.15) is 0 Å². The van der Waals surface area contributed by atoms with Crippen LogP contribution in [-0.4, -0.2) is 18.5 Å². The van der Waals surface area contributed by atoms with Crippen molar-refractivity contribution in [3.63, 3.8) is 0 Å². The number of benzene rings is 2. The molecule has 6 heteroatoms. The van der Waals surface area contributed by atoms with Crippen LogP contribution in [0.2, 0.25) is 0 Å². The number of anilines is 1. The van der Waals surface area contributed by atoms with Gasteiger partial charge >= 0.3 is 5.97 Å². The molecule has 0 atom stereocenters. The van der Waals surface area contributed by atoms with Crippen molar-refractivity contribution in [1.82, 2.24) is 0 Å². The second-order valence-electron chi connectivity index (χ2n) is 6.11. The predicted octanol–water partition coefficient (Wildman–Crippen LogP) is 3.91. The van der Waals surface area contributed by atoms with Crippen molar-refractivity contribution in [3.05, 3.63) is 65.2 Å². The van der Waals surface area contributed by atoms with Gasteiger partial charge in [-0.3, -0.25) is 9.59 Å². The molecule has 0 fully saturated rings. The maximum atomic E-state index is 13.5. The molecule has 2 aromatic carbocycles. The number of hydrogen-bond donors (Lipinski definition) is 1. The lowest BCUT2D eigenvalue weighted by Crippen LogP contribution is -2.21. The quantitative estimate of drug-likeness (QED) is 0.705. The van der Waals surface area contributed by atoms with E-state index in [0.29, 0.717) is 22.4 Å². The third-order valence-corrected chi connectivity index (χ3v) is 3.97. The van der Waals surface area contributed by atoms with Gasteiger partial charge in [0.2, 0.25) is 0 Å². The van der Waals surface area contributed by atoms with E-state index in [2.05, 4.69) is 5.32 Å². The van der Waals surface area contributed by atoms with Gasteiger partial charge in [0.05, 0.1) is 12.7 Å². The molecule has 0 saturated carbocycles. The molecule has 3 rings (SSSR count). The molecule has 0 spiro atoms. The van der Waals surface area contributed by atoms with Gasteiger partial charge in [0, 0.05) is 16.6 Å². The molecular formula is C20H18FNO4. The normalized spacial score (nSPS) is 10.7. The zero-order valence-electron chi connectivity index (χ0n) is 14.5. The third-order valence-electron chi connectivity index (χ3n) is 3.97. The van der Waals surface area contributed by atoms with Crippen LogP contribution < -0.4 is 5.32 Å². The Morgan fingerprint density at radius 2 is 1.96 bits per heavy atom. The Hall–Kier alpha value is -3.15. The summed E-state index contributed by atoms with van der Waals surface area (Å²) >= 11 is 0. The van der Waals surface area contributed by atoms with Crippen LogP contribution in [0.1, 0.15) is 16.7 Å². The van der Waals surface area contributed by atoms with Gasteiger partial charge in [0.25, 0.3) is 5.91 Å². The van der Waals surface area contributed by atoms with Crippen LogP contribution in [0.4, 0.5) is 10.1 Å². The second-order valence-corrected chi connectivity index (χ2v) is 6.11. The Morgan fingerprint density at radius 1 is 1.15 bits per heavy atom. The average Bonchev–Trinajstić information content (AvgIpc) is 2.98. The summed E-state index contributed by atoms with van der Waals surface area (Å²) in [5, 5.41) is 3.33. The fraction of sp³-hybridized carbons (Fsp3) is 0.200. The highest BCUT2D eigenvalue weighted by Crippen LogP contribution is 2.23. The van der Waals surface area contributed by atoms with Gasteiger partial charge in [-0.15, -0.1) is 0 Å². The lowest BCUT2D eigenvalue weighted by Gasteiger charge is -2.07. The molecule has 134 valence electrons. The molecule has 26 heavy (non-hydrogen) atoms. The van der Waals surface area contributed by atoms with E-state index in [1.807, 2.05) is 25.1 Å². The van der Waals surface area contributed by atoms with Crippen LogP contribution in [0.5, 0.6) is 0 Å². The lowest BCUT2D eigenvalue weighted by molar-refractivity contribution is -0.146. The molecule has 1 aromatic heterocycles. The SMILES string of the molecule is Cc1ccc2c(CC(=O)OCC(=O)Nc3ccc(C)c(F)c3)coc2c1. The standard InChI is InChI=1S/C20H18FNO4/c1-12-3-6-16-14(10-25-18(16)7-12)8-20(24)26-11-19(23)22-15-5-4-13(2)17(21)9-15/h3-7,9-10H,8,11H2,1-2H3,(H,22,23). The van der Waals surface area contributed by atoms with Crippen molar-refractivity contribution >= 4 is 28.5 Å². The Balaban J connectivity index is 1.54. The molecule has 0 aliphatic heterocycles. The summed E-state index contributed by atoms with van der Waals surface area (Å²) in [5.74, 6) is -1.49.